The predicted octanol–water partition coefficient (Wildman–Crippen LogP) is 2.12. The van der Waals surface area contributed by atoms with Gasteiger partial charge in [0.2, 0.25) is 10.0 Å². The Morgan fingerprint density at radius 3 is 2.57 bits per heavy atom. The van der Waals surface area contributed by atoms with Gasteiger partial charge in [-0.1, -0.05) is 43.7 Å². The van der Waals surface area contributed by atoms with Crippen molar-refractivity contribution in [1.82, 2.24) is 4.72 Å². The van der Waals surface area contributed by atoms with Gasteiger partial charge in [0, 0.05) is 13.2 Å². The summed E-state index contributed by atoms with van der Waals surface area (Å²) in [5.74, 6) is 0.602. The van der Waals surface area contributed by atoms with Gasteiger partial charge in [-0.2, -0.15) is 0 Å². The second-order valence-corrected chi connectivity index (χ2v) is 7.93. The van der Waals surface area contributed by atoms with Crippen LogP contribution in [-0.2, 0) is 10.0 Å². The minimum absolute atomic E-state index is 0.0269. The summed E-state index contributed by atoms with van der Waals surface area (Å²) in [6, 6.07) is 9.70. The van der Waals surface area contributed by atoms with Crippen LogP contribution < -0.4 is 4.72 Å². The van der Waals surface area contributed by atoms with Crippen LogP contribution in [0.25, 0.3) is 0 Å². The largest absolute Gasteiger partial charge is 0.396 e. The molecule has 118 valence electrons. The van der Waals surface area contributed by atoms with Gasteiger partial charge < -0.3 is 5.11 Å². The monoisotopic (exact) mass is 311 g/mol. The average molecular weight is 311 g/mol. The van der Waals surface area contributed by atoms with Gasteiger partial charge in [0.25, 0.3) is 0 Å². The number of hydrogen-bond acceptors (Lipinski definition) is 3. The lowest BCUT2D eigenvalue weighted by Crippen LogP contribution is -2.34. The summed E-state index contributed by atoms with van der Waals surface area (Å²) < 4.78 is 27.1. The van der Waals surface area contributed by atoms with E-state index in [1.807, 2.05) is 37.3 Å². The SMILES string of the molecule is CC(CS(=O)(=O)NCC1CCCC1CO)c1ccccc1. The molecule has 0 saturated heterocycles. The van der Waals surface area contributed by atoms with Crippen LogP contribution in [0, 0.1) is 11.8 Å². The lowest BCUT2D eigenvalue weighted by molar-refractivity contribution is 0.195. The molecule has 2 N–H and O–H groups in total. The van der Waals surface area contributed by atoms with Crippen LogP contribution in [0.1, 0.15) is 37.7 Å². The molecule has 4 nitrogen and oxygen atoms in total. The molecule has 1 aliphatic rings. The van der Waals surface area contributed by atoms with Crippen LogP contribution >= 0.6 is 0 Å². The van der Waals surface area contributed by atoms with Gasteiger partial charge in [0.15, 0.2) is 0 Å². The standard InChI is InChI=1S/C16H25NO3S/c1-13(14-6-3-2-4-7-14)12-21(19,20)17-10-15-8-5-9-16(15)11-18/h2-4,6-7,13,15-18H,5,8-12H2,1H3. The number of aliphatic hydroxyl groups excluding tert-OH is 1. The van der Waals surface area contributed by atoms with E-state index in [1.54, 1.807) is 0 Å². The van der Waals surface area contributed by atoms with Crippen molar-refractivity contribution >= 4 is 10.0 Å². The zero-order valence-electron chi connectivity index (χ0n) is 12.5. The van der Waals surface area contributed by atoms with E-state index in [4.69, 9.17) is 0 Å². The van der Waals surface area contributed by atoms with Gasteiger partial charge >= 0.3 is 0 Å². The number of hydrogen-bond donors (Lipinski definition) is 2. The van der Waals surface area contributed by atoms with E-state index in [2.05, 4.69) is 4.72 Å². The van der Waals surface area contributed by atoms with Gasteiger partial charge in [0.1, 0.15) is 0 Å². The Balaban J connectivity index is 1.87. The Morgan fingerprint density at radius 2 is 1.90 bits per heavy atom. The normalized spacial score (nSPS) is 24.1. The van der Waals surface area contributed by atoms with E-state index in [9.17, 15) is 13.5 Å². The molecule has 1 saturated carbocycles. The fourth-order valence-electron chi connectivity index (χ4n) is 3.12. The molecule has 3 unspecified atom stereocenters. The van der Waals surface area contributed by atoms with Crippen LogP contribution in [0.3, 0.4) is 0 Å². The van der Waals surface area contributed by atoms with Gasteiger partial charge in [-0.15, -0.1) is 0 Å². The molecule has 0 spiro atoms. The van der Waals surface area contributed by atoms with Crippen molar-refractivity contribution in [3.05, 3.63) is 35.9 Å². The maximum absolute atomic E-state index is 12.2. The highest BCUT2D eigenvalue weighted by Gasteiger charge is 2.28. The van der Waals surface area contributed by atoms with Gasteiger partial charge in [-0.05, 0) is 36.2 Å². The minimum atomic E-state index is -3.28. The van der Waals surface area contributed by atoms with E-state index in [0.29, 0.717) is 6.54 Å². The molecular formula is C16H25NO3S. The lowest BCUT2D eigenvalue weighted by Gasteiger charge is -2.19. The van der Waals surface area contributed by atoms with E-state index >= 15 is 0 Å². The second kappa shape index (κ2) is 7.38. The molecule has 0 heterocycles. The van der Waals surface area contributed by atoms with Crippen molar-refractivity contribution in [2.75, 3.05) is 18.9 Å². The Kier molecular flexibility index (Phi) is 5.79. The molecule has 0 radical (unpaired) electrons. The fraction of sp³-hybridized carbons (Fsp3) is 0.625. The molecular weight excluding hydrogens is 286 g/mol. The lowest BCUT2D eigenvalue weighted by atomic mass is 9.97. The van der Waals surface area contributed by atoms with Crippen LogP contribution in [0.15, 0.2) is 30.3 Å². The molecule has 1 aliphatic carbocycles. The Hall–Kier alpha value is -0.910. The second-order valence-electron chi connectivity index (χ2n) is 6.08. The maximum atomic E-state index is 12.2. The topological polar surface area (TPSA) is 66.4 Å². The first-order valence-corrected chi connectivity index (χ1v) is 9.30. The third-order valence-electron chi connectivity index (χ3n) is 4.45. The molecule has 1 fully saturated rings. The van der Waals surface area contributed by atoms with Gasteiger partial charge in [-0.3, -0.25) is 0 Å². The van der Waals surface area contributed by atoms with Crippen LogP contribution in [-0.4, -0.2) is 32.4 Å². The summed E-state index contributed by atoms with van der Waals surface area (Å²) >= 11 is 0. The third kappa shape index (κ3) is 4.80. The highest BCUT2D eigenvalue weighted by molar-refractivity contribution is 7.89. The molecule has 5 heteroatoms. The number of benzene rings is 1. The summed E-state index contributed by atoms with van der Waals surface area (Å²) in [5, 5.41) is 9.28. The molecule has 0 amide bonds. The summed E-state index contributed by atoms with van der Waals surface area (Å²) in [6.45, 7) is 2.54. The highest BCUT2D eigenvalue weighted by Crippen LogP contribution is 2.30. The summed E-state index contributed by atoms with van der Waals surface area (Å²) in [4.78, 5) is 0. The average Bonchev–Trinajstić information content (AvgIpc) is 2.93. The van der Waals surface area contributed by atoms with E-state index in [-0.39, 0.29) is 30.1 Å². The Labute approximate surface area is 127 Å². The molecule has 0 bridgehead atoms. The quantitative estimate of drug-likeness (QED) is 0.810. The molecule has 1 aromatic rings. The van der Waals surface area contributed by atoms with Crippen molar-refractivity contribution < 1.29 is 13.5 Å². The van der Waals surface area contributed by atoms with Crippen molar-refractivity contribution in [2.45, 2.75) is 32.1 Å². The van der Waals surface area contributed by atoms with Crippen LogP contribution in [0.4, 0.5) is 0 Å². The summed E-state index contributed by atoms with van der Waals surface area (Å²) in [5.41, 5.74) is 1.04. The number of rotatable bonds is 7. The van der Waals surface area contributed by atoms with Crippen molar-refractivity contribution in [3.63, 3.8) is 0 Å². The number of aliphatic hydroxyl groups is 1. The zero-order chi connectivity index (χ0) is 15.3. The van der Waals surface area contributed by atoms with Crippen molar-refractivity contribution in [3.8, 4) is 0 Å². The molecule has 0 aliphatic heterocycles. The summed E-state index contributed by atoms with van der Waals surface area (Å²) in [6.07, 6.45) is 3.09. The molecule has 1 aromatic carbocycles. The first-order valence-electron chi connectivity index (χ1n) is 7.65. The Morgan fingerprint density at radius 1 is 1.24 bits per heavy atom. The van der Waals surface area contributed by atoms with Crippen molar-refractivity contribution in [2.24, 2.45) is 11.8 Å². The number of sulfonamides is 1. The summed E-state index contributed by atoms with van der Waals surface area (Å²) in [7, 11) is -3.28. The maximum Gasteiger partial charge on any atom is 0.212 e. The smallest absolute Gasteiger partial charge is 0.212 e. The molecule has 2 rings (SSSR count). The van der Waals surface area contributed by atoms with Crippen LogP contribution in [0.5, 0.6) is 0 Å². The zero-order valence-corrected chi connectivity index (χ0v) is 13.3. The highest BCUT2D eigenvalue weighted by atomic mass is 32.2. The first-order chi connectivity index (χ1) is 10.0. The fourth-order valence-corrected chi connectivity index (χ4v) is 4.56. The van der Waals surface area contributed by atoms with E-state index < -0.39 is 10.0 Å². The van der Waals surface area contributed by atoms with E-state index in [0.717, 1.165) is 24.8 Å². The Bertz CT molecular complexity index is 530. The van der Waals surface area contributed by atoms with E-state index in [1.165, 1.54) is 0 Å². The van der Waals surface area contributed by atoms with Crippen molar-refractivity contribution in [1.29, 1.82) is 0 Å². The molecule has 21 heavy (non-hydrogen) atoms. The molecule has 3 atom stereocenters. The van der Waals surface area contributed by atoms with Gasteiger partial charge in [-0.25, -0.2) is 13.1 Å². The minimum Gasteiger partial charge on any atom is -0.396 e. The molecule has 0 aromatic heterocycles. The first kappa shape index (κ1) is 16.5. The third-order valence-corrected chi connectivity index (χ3v) is 6.00. The van der Waals surface area contributed by atoms with Crippen LogP contribution in [0.2, 0.25) is 0 Å². The van der Waals surface area contributed by atoms with Gasteiger partial charge in [0.05, 0.1) is 5.75 Å². The number of nitrogens with one attached hydrogen (secondary N) is 1. The predicted molar refractivity (Wildman–Crippen MR) is 84.6 cm³/mol.